The van der Waals surface area contributed by atoms with E-state index < -0.39 is 24.9 Å². The van der Waals surface area contributed by atoms with E-state index in [1.165, 1.54) is 0 Å². The first kappa shape index (κ1) is 8.29. The summed E-state index contributed by atoms with van der Waals surface area (Å²) in [4.78, 5) is 9.62. The summed E-state index contributed by atoms with van der Waals surface area (Å²) in [6.45, 7) is 0. The summed E-state index contributed by atoms with van der Waals surface area (Å²) in [7, 11) is 0. The highest BCUT2D eigenvalue weighted by Gasteiger charge is 2.19. The minimum Gasteiger partial charge on any atom is -0.481 e. The van der Waals surface area contributed by atoms with Gasteiger partial charge in [-0.05, 0) is 0 Å². The molecule has 0 fully saturated rings. The molecule has 0 saturated carbocycles. The third-order valence-electron chi connectivity index (χ3n) is 0.675. The number of carboxylic acid groups (broad SMARTS) is 1. The van der Waals surface area contributed by atoms with Gasteiger partial charge < -0.3 is 10.2 Å². The van der Waals surface area contributed by atoms with Crippen molar-refractivity contribution in [2.45, 2.75) is 19.0 Å². The molecule has 0 amide bonds. The lowest BCUT2D eigenvalue weighted by atomic mass is 10.3. The van der Waals surface area contributed by atoms with Crippen molar-refractivity contribution in [1.82, 2.24) is 0 Å². The molecule has 0 aliphatic carbocycles. The Balaban J connectivity index is 3.50. The highest BCUT2D eigenvalue weighted by molar-refractivity contribution is 5.67. The molecule has 1 atom stereocenters. The van der Waals surface area contributed by atoms with Crippen LogP contribution in [0.15, 0.2) is 0 Å². The van der Waals surface area contributed by atoms with Crippen LogP contribution in [0.2, 0.25) is 0 Å². The molecule has 0 aliphatic heterocycles. The molecule has 2 N–H and O–H groups in total. The third kappa shape index (κ3) is 3.84. The molecule has 0 unspecified atom stereocenters. The molecule has 0 bridgehead atoms. The quantitative estimate of drug-likeness (QED) is 0.584. The molecule has 0 aromatic rings. The number of halogens is 2. The van der Waals surface area contributed by atoms with Gasteiger partial charge in [-0.1, -0.05) is 0 Å². The minimum absolute atomic E-state index is 0.905. The fraction of sp³-hybridized carbons (Fsp3) is 0.750. The Morgan fingerprint density at radius 1 is 1.56 bits per heavy atom. The summed E-state index contributed by atoms with van der Waals surface area (Å²) in [5, 5.41) is 16.0. The maximum Gasteiger partial charge on any atom is 0.306 e. The van der Waals surface area contributed by atoms with Crippen molar-refractivity contribution in [2.75, 3.05) is 0 Å². The third-order valence-corrected chi connectivity index (χ3v) is 0.675. The molecular weight excluding hydrogens is 134 g/mol. The normalized spacial score (nSPS) is 13.8. The van der Waals surface area contributed by atoms with Gasteiger partial charge in [0.05, 0.1) is 6.42 Å². The van der Waals surface area contributed by atoms with Gasteiger partial charge in [-0.15, -0.1) is 0 Å². The van der Waals surface area contributed by atoms with Gasteiger partial charge in [-0.2, -0.15) is 0 Å². The zero-order valence-corrected chi connectivity index (χ0v) is 4.42. The second-order valence-electron chi connectivity index (χ2n) is 1.50. The number of rotatable bonds is 3. The van der Waals surface area contributed by atoms with Crippen LogP contribution in [0.1, 0.15) is 6.42 Å². The van der Waals surface area contributed by atoms with E-state index in [4.69, 9.17) is 10.2 Å². The summed E-state index contributed by atoms with van der Waals surface area (Å²) in [5.41, 5.74) is 0. The lowest BCUT2D eigenvalue weighted by molar-refractivity contribution is -0.141. The molecular formula is C4H6F2O3. The van der Waals surface area contributed by atoms with E-state index in [-0.39, 0.29) is 0 Å². The second kappa shape index (κ2) is 3.34. The zero-order valence-electron chi connectivity index (χ0n) is 4.42. The van der Waals surface area contributed by atoms with Crippen molar-refractivity contribution < 1.29 is 23.8 Å². The van der Waals surface area contributed by atoms with Crippen molar-refractivity contribution in [3.63, 3.8) is 0 Å². The first-order valence-electron chi connectivity index (χ1n) is 2.22. The summed E-state index contributed by atoms with van der Waals surface area (Å²) in [6, 6.07) is 0. The van der Waals surface area contributed by atoms with E-state index in [0.717, 1.165) is 0 Å². The first-order valence-corrected chi connectivity index (χ1v) is 2.22. The fourth-order valence-corrected chi connectivity index (χ4v) is 0.268. The van der Waals surface area contributed by atoms with Crippen molar-refractivity contribution >= 4 is 5.97 Å². The summed E-state index contributed by atoms with van der Waals surface area (Å²) >= 11 is 0. The molecule has 0 heterocycles. The molecule has 0 saturated heterocycles. The van der Waals surface area contributed by atoms with Gasteiger partial charge in [-0.3, -0.25) is 4.79 Å². The van der Waals surface area contributed by atoms with Crippen LogP contribution in [0, 0.1) is 0 Å². The summed E-state index contributed by atoms with van der Waals surface area (Å²) in [6.07, 6.45) is -5.92. The highest BCUT2D eigenvalue weighted by atomic mass is 19.3. The Kier molecular flexibility index (Phi) is 3.08. The number of carboxylic acids is 1. The number of aliphatic carboxylic acids is 1. The Morgan fingerprint density at radius 2 is 2.00 bits per heavy atom. The van der Waals surface area contributed by atoms with Gasteiger partial charge in [0, 0.05) is 0 Å². The largest absolute Gasteiger partial charge is 0.481 e. The van der Waals surface area contributed by atoms with E-state index in [0.29, 0.717) is 0 Å². The molecule has 0 aromatic carbocycles. The molecule has 0 spiro atoms. The molecule has 3 nitrogen and oxygen atoms in total. The van der Waals surface area contributed by atoms with E-state index in [1.54, 1.807) is 0 Å². The van der Waals surface area contributed by atoms with Crippen LogP contribution in [-0.2, 0) is 4.79 Å². The van der Waals surface area contributed by atoms with Gasteiger partial charge in [0.15, 0.2) is 0 Å². The van der Waals surface area contributed by atoms with E-state index >= 15 is 0 Å². The van der Waals surface area contributed by atoms with Gasteiger partial charge in [0.2, 0.25) is 0 Å². The maximum atomic E-state index is 11.3. The zero-order chi connectivity index (χ0) is 7.44. The number of hydrogen-bond donors (Lipinski definition) is 2. The highest BCUT2D eigenvalue weighted by Crippen LogP contribution is 2.03. The Bertz CT molecular complexity index is 104. The molecule has 0 aliphatic rings. The maximum absolute atomic E-state index is 11.3. The monoisotopic (exact) mass is 140 g/mol. The number of aliphatic hydroxyl groups excluding tert-OH is 1. The lowest BCUT2D eigenvalue weighted by Crippen LogP contribution is -2.20. The Labute approximate surface area is 49.9 Å². The van der Waals surface area contributed by atoms with Crippen LogP contribution in [0.3, 0.4) is 0 Å². The minimum atomic E-state index is -2.97. The van der Waals surface area contributed by atoms with Crippen LogP contribution in [0.5, 0.6) is 0 Å². The Hall–Kier alpha value is -0.710. The van der Waals surface area contributed by atoms with Crippen molar-refractivity contribution in [3.05, 3.63) is 0 Å². The molecule has 0 rings (SSSR count). The Morgan fingerprint density at radius 3 is 2.11 bits per heavy atom. The van der Waals surface area contributed by atoms with Crippen molar-refractivity contribution in [2.24, 2.45) is 0 Å². The average molecular weight is 140 g/mol. The fourth-order valence-electron chi connectivity index (χ4n) is 0.268. The predicted octanol–water partition coefficient (Wildman–Crippen LogP) is 0.0871. The average Bonchev–Trinajstić information content (AvgIpc) is 1.63. The molecule has 5 heteroatoms. The SMILES string of the molecule is O=C(O)C[C@@H](O)C(F)F. The van der Waals surface area contributed by atoms with Crippen LogP contribution in [0.25, 0.3) is 0 Å². The van der Waals surface area contributed by atoms with Crippen LogP contribution in [-0.4, -0.2) is 28.7 Å². The molecule has 0 aromatic heterocycles. The van der Waals surface area contributed by atoms with Crippen LogP contribution in [0.4, 0.5) is 8.78 Å². The second-order valence-corrected chi connectivity index (χ2v) is 1.50. The summed E-state index contributed by atoms with van der Waals surface area (Å²) < 4.78 is 22.6. The van der Waals surface area contributed by atoms with Crippen molar-refractivity contribution in [3.8, 4) is 0 Å². The van der Waals surface area contributed by atoms with Crippen LogP contribution >= 0.6 is 0 Å². The first-order chi connectivity index (χ1) is 4.04. The standard InChI is InChI=1S/C4H6F2O3/c5-4(6)2(7)1-3(8)9/h2,4,7H,1H2,(H,8,9)/t2-/m1/s1. The smallest absolute Gasteiger partial charge is 0.306 e. The van der Waals surface area contributed by atoms with Gasteiger partial charge in [0.1, 0.15) is 6.10 Å². The van der Waals surface area contributed by atoms with Gasteiger partial charge >= 0.3 is 5.97 Å². The number of alkyl halides is 2. The predicted molar refractivity (Wildman–Crippen MR) is 24.3 cm³/mol. The number of carbonyl (C=O) groups is 1. The van der Waals surface area contributed by atoms with E-state index in [2.05, 4.69) is 0 Å². The van der Waals surface area contributed by atoms with Gasteiger partial charge in [-0.25, -0.2) is 8.78 Å². The van der Waals surface area contributed by atoms with Gasteiger partial charge in [0.25, 0.3) is 6.43 Å². The van der Waals surface area contributed by atoms with Crippen molar-refractivity contribution in [1.29, 1.82) is 0 Å². The van der Waals surface area contributed by atoms with Crippen LogP contribution < -0.4 is 0 Å². The lowest BCUT2D eigenvalue weighted by Gasteiger charge is -2.03. The topological polar surface area (TPSA) is 57.5 Å². The number of hydrogen-bond acceptors (Lipinski definition) is 2. The van der Waals surface area contributed by atoms with E-state index in [9.17, 15) is 13.6 Å². The number of aliphatic hydroxyl groups is 1. The summed E-state index contributed by atoms with van der Waals surface area (Å²) in [5.74, 6) is -1.43. The molecule has 54 valence electrons. The molecule has 0 radical (unpaired) electrons. The molecule has 9 heavy (non-hydrogen) atoms. The van der Waals surface area contributed by atoms with E-state index in [1.807, 2.05) is 0 Å².